The lowest BCUT2D eigenvalue weighted by molar-refractivity contribution is -0.379. The van der Waals surface area contributed by atoms with E-state index >= 15 is 0 Å². The molecule has 1 amide bonds. The highest BCUT2D eigenvalue weighted by Crippen LogP contribution is 2.33. The van der Waals surface area contributed by atoms with Gasteiger partial charge < -0.3 is 89.9 Å². The van der Waals surface area contributed by atoms with E-state index in [1.807, 2.05) is 6.08 Å². The van der Waals surface area contributed by atoms with Crippen molar-refractivity contribution in [3.8, 4) is 0 Å². The number of nitrogens with one attached hydrogen (secondary N) is 1. The third-order valence-electron chi connectivity index (χ3n) is 21.9. The molecule has 0 aromatic carbocycles. The molecule has 0 spiro atoms. The summed E-state index contributed by atoms with van der Waals surface area (Å²) in [6.45, 7) is 1.62. The summed E-state index contributed by atoms with van der Waals surface area (Å²) in [6.07, 6.45) is 80.3. The van der Waals surface area contributed by atoms with Crippen molar-refractivity contribution in [1.29, 1.82) is 0 Å². The molecule has 0 bridgehead atoms. The van der Waals surface area contributed by atoms with Crippen LogP contribution in [-0.4, -0.2) is 193 Å². The van der Waals surface area contributed by atoms with E-state index in [1.165, 1.54) is 193 Å². The van der Waals surface area contributed by atoms with Crippen molar-refractivity contribution in [3.63, 3.8) is 0 Å². The highest BCUT2D eigenvalue weighted by atomic mass is 16.8. The fourth-order valence-electron chi connectivity index (χ4n) is 14.7. The molecule has 662 valence electrons. The van der Waals surface area contributed by atoms with Crippen LogP contribution in [0.4, 0.5) is 0 Å². The number of amides is 1. The summed E-state index contributed by atoms with van der Waals surface area (Å²) >= 11 is 0. The van der Waals surface area contributed by atoms with E-state index in [9.17, 15) is 61.0 Å². The summed E-state index contributed by atoms with van der Waals surface area (Å²) in [7, 11) is 0. The average Bonchev–Trinajstić information content (AvgIpc) is 0.779. The Bertz CT molecular complexity index is 2600. The Morgan fingerprint density at radius 1 is 0.322 bits per heavy atom. The number of hydrogen-bond donors (Lipinski definition) is 12. The topological polar surface area (TPSA) is 307 Å². The van der Waals surface area contributed by atoms with Crippen LogP contribution in [0.5, 0.6) is 0 Å². The third kappa shape index (κ3) is 52.0. The van der Waals surface area contributed by atoms with Gasteiger partial charge in [-0.2, -0.15) is 0 Å². The lowest BCUT2D eigenvalue weighted by Crippen LogP contribution is -2.66. The van der Waals surface area contributed by atoms with E-state index in [2.05, 4.69) is 141 Å². The Labute approximate surface area is 696 Å². The van der Waals surface area contributed by atoms with Crippen molar-refractivity contribution >= 4 is 5.91 Å². The minimum absolute atomic E-state index is 0.222. The van der Waals surface area contributed by atoms with Gasteiger partial charge in [-0.25, -0.2) is 0 Å². The molecule has 3 saturated heterocycles. The van der Waals surface area contributed by atoms with Gasteiger partial charge in [-0.3, -0.25) is 4.79 Å². The van der Waals surface area contributed by atoms with Gasteiger partial charge >= 0.3 is 0 Å². The Morgan fingerprint density at radius 2 is 0.609 bits per heavy atom. The molecule has 17 unspecified atom stereocenters. The van der Waals surface area contributed by atoms with Crippen molar-refractivity contribution in [3.05, 3.63) is 134 Å². The molecule has 17 atom stereocenters. The Balaban J connectivity index is 1.35. The second-order valence-corrected chi connectivity index (χ2v) is 32.0. The lowest BCUT2D eigenvalue weighted by atomic mass is 9.96. The summed E-state index contributed by atoms with van der Waals surface area (Å²) in [5, 5.41) is 121. The molecule has 19 nitrogen and oxygen atoms in total. The van der Waals surface area contributed by atoms with Crippen LogP contribution in [0, 0.1) is 0 Å². The first-order chi connectivity index (χ1) is 56.3. The lowest BCUT2D eigenvalue weighted by Gasteiger charge is -2.48. The summed E-state index contributed by atoms with van der Waals surface area (Å²) in [4.78, 5) is 13.5. The van der Waals surface area contributed by atoms with Gasteiger partial charge in [0.15, 0.2) is 18.9 Å². The van der Waals surface area contributed by atoms with Crippen molar-refractivity contribution in [2.24, 2.45) is 0 Å². The van der Waals surface area contributed by atoms with Crippen LogP contribution in [0.1, 0.15) is 335 Å². The number of carbonyl (C=O) groups is 1. The quantitative estimate of drug-likeness (QED) is 0.0199. The molecule has 0 radical (unpaired) electrons. The van der Waals surface area contributed by atoms with Gasteiger partial charge in [-0.1, -0.05) is 353 Å². The summed E-state index contributed by atoms with van der Waals surface area (Å²) in [5.41, 5.74) is 0. The van der Waals surface area contributed by atoms with Crippen molar-refractivity contribution in [2.75, 3.05) is 26.4 Å². The maximum absolute atomic E-state index is 13.5. The molecular weight excluding hydrogens is 1460 g/mol. The molecule has 0 saturated carbocycles. The van der Waals surface area contributed by atoms with Gasteiger partial charge in [0.2, 0.25) is 5.91 Å². The predicted octanol–water partition coefficient (Wildman–Crippen LogP) is 18.0. The first-order valence-electron chi connectivity index (χ1n) is 45.9. The van der Waals surface area contributed by atoms with Crippen LogP contribution in [0.3, 0.4) is 0 Å². The zero-order chi connectivity index (χ0) is 83.1. The van der Waals surface area contributed by atoms with Crippen molar-refractivity contribution < 1.29 is 89.4 Å². The highest BCUT2D eigenvalue weighted by molar-refractivity contribution is 5.76. The van der Waals surface area contributed by atoms with Gasteiger partial charge in [-0.05, 0) is 109 Å². The maximum Gasteiger partial charge on any atom is 0.220 e. The van der Waals surface area contributed by atoms with Gasteiger partial charge in [0.25, 0.3) is 0 Å². The molecular formula is C96H165NO18. The summed E-state index contributed by atoms with van der Waals surface area (Å²) < 4.78 is 34.5. The maximum atomic E-state index is 13.5. The normalized spacial score (nSPS) is 25.2. The number of carbonyl (C=O) groups excluding carboxylic acids is 1. The molecule has 3 rings (SSSR count). The van der Waals surface area contributed by atoms with Gasteiger partial charge in [-0.15, -0.1) is 0 Å². The largest absolute Gasteiger partial charge is 0.394 e. The predicted molar refractivity (Wildman–Crippen MR) is 466 cm³/mol. The first-order valence-corrected chi connectivity index (χ1v) is 45.9. The van der Waals surface area contributed by atoms with E-state index in [0.717, 1.165) is 109 Å². The molecule has 115 heavy (non-hydrogen) atoms. The molecule has 0 aromatic rings. The number of unbranched alkanes of at least 4 members (excludes halogenated alkanes) is 37. The smallest absolute Gasteiger partial charge is 0.220 e. The molecule has 3 heterocycles. The number of hydrogen-bond acceptors (Lipinski definition) is 18. The second-order valence-electron chi connectivity index (χ2n) is 32.0. The van der Waals surface area contributed by atoms with Crippen LogP contribution < -0.4 is 5.32 Å². The highest BCUT2D eigenvalue weighted by Gasteiger charge is 2.54. The monoisotopic (exact) mass is 1620 g/mol. The third-order valence-corrected chi connectivity index (χ3v) is 21.9. The van der Waals surface area contributed by atoms with E-state index < -0.39 is 124 Å². The molecule has 3 aliphatic rings. The SMILES string of the molecule is CC/C=C\C/C=C\C/C=C\C/C=C\C/C=C\C/C=C\C/C=C\C/C=C\CCCCCCCCCCCCCCC(=O)NC(COC1OC(CO)C(OC2OC(CO)C(OC3OC(CO)C(O)C(O)C3O)C(O)C2O)C(O)C1O)C(O)/C=C/CC/C=C/CC/C=C/CCCCCCCCCCCCCCCCCCCCCCCCC. The van der Waals surface area contributed by atoms with Crippen LogP contribution in [-0.2, 0) is 33.2 Å². The van der Waals surface area contributed by atoms with Crippen LogP contribution >= 0.6 is 0 Å². The Kier molecular flexibility index (Phi) is 67.5. The molecule has 0 aromatic heterocycles. The van der Waals surface area contributed by atoms with E-state index in [4.69, 9.17) is 28.4 Å². The van der Waals surface area contributed by atoms with Crippen LogP contribution in [0.2, 0.25) is 0 Å². The minimum atomic E-state index is -1.99. The Morgan fingerprint density at radius 3 is 0.974 bits per heavy atom. The molecule has 19 heteroatoms. The minimum Gasteiger partial charge on any atom is -0.394 e. The van der Waals surface area contributed by atoms with E-state index in [0.29, 0.717) is 12.8 Å². The van der Waals surface area contributed by atoms with Gasteiger partial charge in [0.1, 0.15) is 73.2 Å². The fourth-order valence-corrected chi connectivity index (χ4v) is 14.7. The van der Waals surface area contributed by atoms with Crippen LogP contribution in [0.25, 0.3) is 0 Å². The second kappa shape index (κ2) is 73.8. The standard InChI is InChI=1S/C96H165NO18/c1-3-5-7-9-11-13-15-17-19-21-23-25-27-29-31-33-35-37-38-39-40-42-44-46-48-50-52-54-56-58-60-62-64-66-68-70-72-74-84(102)97-79(80(101)73-71-69-67-65-63-61-59-57-55-53-51-49-47-45-43-41-36-34-32-30-28-26-24-22-20-18-16-14-12-10-8-6-4-2)78-110-94-90(108)87(105)92(82(76-99)112-94)115-96-91(109)88(106)93(83(77-100)113-96)114-95-89(107)86(104)85(103)81(75-98)111-95/h5,7,11,13,17,19,23,25,29,31,35,37,39-40,44,46,55,57,63,65,71,73,79-83,85-96,98-101,103-109H,3-4,6,8-10,12,14-16,18,20-22,24,26-28,30,32-34,36,38,41-43,45,47-54,56,58-62,64,66-70,72,74-78H2,1-2H3,(H,97,102)/b7-5-,13-11-,19-17-,25-23-,31-29-,37-35-,40-39-,46-44-,57-55+,65-63+,73-71+. The van der Waals surface area contributed by atoms with Crippen molar-refractivity contribution in [1.82, 2.24) is 5.32 Å². The molecule has 3 fully saturated rings. The van der Waals surface area contributed by atoms with E-state index in [-0.39, 0.29) is 18.9 Å². The summed E-state index contributed by atoms with van der Waals surface area (Å²) in [6, 6.07) is -1.01. The zero-order valence-corrected chi connectivity index (χ0v) is 71.5. The number of aliphatic hydroxyl groups excluding tert-OH is 11. The number of aliphatic hydroxyl groups is 11. The number of ether oxygens (including phenoxy) is 6. The van der Waals surface area contributed by atoms with Gasteiger partial charge in [0.05, 0.1) is 38.6 Å². The number of rotatable bonds is 73. The number of allylic oxidation sites excluding steroid dienone is 21. The molecule has 0 aliphatic carbocycles. The van der Waals surface area contributed by atoms with Crippen molar-refractivity contribution in [2.45, 2.75) is 439 Å². The van der Waals surface area contributed by atoms with E-state index in [1.54, 1.807) is 6.08 Å². The van der Waals surface area contributed by atoms with Crippen LogP contribution in [0.15, 0.2) is 134 Å². The summed E-state index contributed by atoms with van der Waals surface area (Å²) in [5.74, 6) is -0.294. The van der Waals surface area contributed by atoms with Gasteiger partial charge in [0, 0.05) is 6.42 Å². The average molecular weight is 1620 g/mol. The zero-order valence-electron chi connectivity index (χ0n) is 71.5. The first kappa shape index (κ1) is 105. The Hall–Kier alpha value is -4.07. The molecule has 12 N–H and O–H groups in total. The molecule has 3 aliphatic heterocycles. The fraction of sp³-hybridized carbons (Fsp3) is 0.760.